The minimum atomic E-state index is 0.553. The summed E-state index contributed by atoms with van der Waals surface area (Å²) in [6, 6.07) is 6.02. The van der Waals surface area contributed by atoms with E-state index >= 15 is 0 Å². The second-order valence-corrected chi connectivity index (χ2v) is 5.44. The summed E-state index contributed by atoms with van der Waals surface area (Å²) >= 11 is 3.44. The molecule has 19 heavy (non-hydrogen) atoms. The van der Waals surface area contributed by atoms with Gasteiger partial charge in [0.25, 0.3) is 0 Å². The number of nitrogens with two attached hydrogens (primary N) is 1. The lowest BCUT2D eigenvalue weighted by molar-refractivity contribution is 0.723. The lowest BCUT2D eigenvalue weighted by atomic mass is 10.2. The SMILES string of the molecule is Cn1cc(CCn2c(N)nc3cc(Br)ccc32)cn1. The highest BCUT2D eigenvalue weighted by molar-refractivity contribution is 9.10. The first-order valence-corrected chi connectivity index (χ1v) is 6.81. The van der Waals surface area contributed by atoms with E-state index in [1.165, 1.54) is 5.56 Å². The molecule has 0 bridgehead atoms. The van der Waals surface area contributed by atoms with Crippen LogP contribution >= 0.6 is 15.9 Å². The maximum absolute atomic E-state index is 5.99. The van der Waals surface area contributed by atoms with Crippen LogP contribution in [0.25, 0.3) is 11.0 Å². The summed E-state index contributed by atoms with van der Waals surface area (Å²) < 4.78 is 4.85. The normalized spacial score (nSPS) is 11.3. The van der Waals surface area contributed by atoms with Crippen LogP contribution in [0.15, 0.2) is 35.1 Å². The molecule has 0 aliphatic heterocycles. The highest BCUT2D eigenvalue weighted by atomic mass is 79.9. The Balaban J connectivity index is 1.90. The van der Waals surface area contributed by atoms with Crippen molar-refractivity contribution in [3.05, 3.63) is 40.6 Å². The van der Waals surface area contributed by atoms with Gasteiger partial charge in [0.2, 0.25) is 5.95 Å². The van der Waals surface area contributed by atoms with E-state index in [1.807, 2.05) is 46.9 Å². The summed E-state index contributed by atoms with van der Waals surface area (Å²) in [5.41, 5.74) is 9.16. The van der Waals surface area contributed by atoms with Crippen LogP contribution in [-0.2, 0) is 20.0 Å². The molecule has 3 aromatic rings. The maximum Gasteiger partial charge on any atom is 0.201 e. The summed E-state index contributed by atoms with van der Waals surface area (Å²) in [6.07, 6.45) is 4.79. The topological polar surface area (TPSA) is 61.7 Å². The Labute approximate surface area is 119 Å². The van der Waals surface area contributed by atoms with Gasteiger partial charge in [0.15, 0.2) is 0 Å². The van der Waals surface area contributed by atoms with Crippen LogP contribution in [0.5, 0.6) is 0 Å². The molecule has 2 N–H and O–H groups in total. The molecule has 2 aromatic heterocycles. The number of hydrogen-bond donors (Lipinski definition) is 1. The number of hydrogen-bond acceptors (Lipinski definition) is 3. The van der Waals surface area contributed by atoms with Crippen molar-refractivity contribution in [2.24, 2.45) is 7.05 Å². The van der Waals surface area contributed by atoms with Crippen molar-refractivity contribution in [2.45, 2.75) is 13.0 Å². The zero-order valence-corrected chi connectivity index (χ0v) is 12.1. The molecule has 3 rings (SSSR count). The van der Waals surface area contributed by atoms with Crippen molar-refractivity contribution in [3.8, 4) is 0 Å². The molecule has 0 amide bonds. The van der Waals surface area contributed by atoms with E-state index < -0.39 is 0 Å². The summed E-state index contributed by atoms with van der Waals surface area (Å²) in [5.74, 6) is 0.553. The van der Waals surface area contributed by atoms with Gasteiger partial charge < -0.3 is 10.3 Å². The van der Waals surface area contributed by atoms with E-state index in [0.29, 0.717) is 5.95 Å². The molecule has 6 heteroatoms. The predicted molar refractivity (Wildman–Crippen MR) is 78.8 cm³/mol. The molecule has 0 saturated heterocycles. The lowest BCUT2D eigenvalue weighted by Crippen LogP contribution is -2.05. The Bertz CT molecular complexity index is 728. The first-order valence-electron chi connectivity index (χ1n) is 6.02. The standard InChI is InChI=1S/C13H14BrN5/c1-18-8-9(7-16-18)4-5-19-12-3-2-10(14)6-11(12)17-13(19)15/h2-3,6-8H,4-5H2,1H3,(H2,15,17). The average molecular weight is 320 g/mol. The number of halogens is 1. The third-order valence-corrected chi connectivity index (χ3v) is 3.62. The fraction of sp³-hybridized carbons (Fsp3) is 0.231. The summed E-state index contributed by atoms with van der Waals surface area (Å²) in [6.45, 7) is 0.801. The maximum atomic E-state index is 5.99. The highest BCUT2D eigenvalue weighted by Gasteiger charge is 2.08. The van der Waals surface area contributed by atoms with Gasteiger partial charge in [0.05, 0.1) is 17.2 Å². The Morgan fingerprint density at radius 1 is 1.37 bits per heavy atom. The number of benzene rings is 1. The Kier molecular flexibility index (Phi) is 3.02. The molecule has 5 nitrogen and oxygen atoms in total. The highest BCUT2D eigenvalue weighted by Crippen LogP contribution is 2.22. The number of anilines is 1. The number of aromatic nitrogens is 4. The van der Waals surface area contributed by atoms with Crippen molar-refractivity contribution in [3.63, 3.8) is 0 Å². The third kappa shape index (κ3) is 2.35. The van der Waals surface area contributed by atoms with Crippen LogP contribution in [0.2, 0.25) is 0 Å². The molecule has 98 valence electrons. The van der Waals surface area contributed by atoms with Gasteiger partial charge in [-0.05, 0) is 30.2 Å². The number of nitrogen functional groups attached to an aromatic ring is 1. The molecule has 0 aliphatic carbocycles. The van der Waals surface area contributed by atoms with E-state index in [-0.39, 0.29) is 0 Å². The first kappa shape index (κ1) is 12.2. The summed E-state index contributed by atoms with van der Waals surface area (Å²) in [4.78, 5) is 4.38. The number of aryl methyl sites for hydroxylation is 3. The van der Waals surface area contributed by atoms with Crippen molar-refractivity contribution >= 4 is 32.9 Å². The molecular formula is C13H14BrN5. The monoisotopic (exact) mass is 319 g/mol. The van der Waals surface area contributed by atoms with E-state index in [2.05, 4.69) is 26.0 Å². The van der Waals surface area contributed by atoms with Gasteiger partial charge in [0, 0.05) is 24.3 Å². The summed E-state index contributed by atoms with van der Waals surface area (Å²) in [5, 5.41) is 4.17. The summed E-state index contributed by atoms with van der Waals surface area (Å²) in [7, 11) is 1.92. The molecule has 0 saturated carbocycles. The second kappa shape index (κ2) is 4.70. The minimum Gasteiger partial charge on any atom is -0.369 e. The van der Waals surface area contributed by atoms with Gasteiger partial charge in [-0.1, -0.05) is 15.9 Å². The molecular weight excluding hydrogens is 306 g/mol. The second-order valence-electron chi connectivity index (χ2n) is 4.53. The zero-order valence-electron chi connectivity index (χ0n) is 10.5. The van der Waals surface area contributed by atoms with E-state index in [4.69, 9.17) is 5.73 Å². The van der Waals surface area contributed by atoms with Crippen LogP contribution < -0.4 is 5.73 Å². The van der Waals surface area contributed by atoms with Crippen LogP contribution in [0.4, 0.5) is 5.95 Å². The molecule has 0 unspecified atom stereocenters. The molecule has 0 fully saturated rings. The molecule has 0 aliphatic rings. The predicted octanol–water partition coefficient (Wildman–Crippen LogP) is 2.36. The fourth-order valence-electron chi connectivity index (χ4n) is 2.20. The van der Waals surface area contributed by atoms with Crippen molar-refractivity contribution in [1.82, 2.24) is 19.3 Å². The fourth-order valence-corrected chi connectivity index (χ4v) is 2.55. The van der Waals surface area contributed by atoms with Crippen molar-refractivity contribution in [2.75, 3.05) is 5.73 Å². The quantitative estimate of drug-likeness (QED) is 0.806. The number of nitrogens with zero attached hydrogens (tertiary/aromatic N) is 4. The van der Waals surface area contributed by atoms with Gasteiger partial charge in [0.1, 0.15) is 0 Å². The molecule has 0 spiro atoms. The number of imidazole rings is 1. The number of fused-ring (bicyclic) bond motifs is 1. The Hall–Kier alpha value is -1.82. The van der Waals surface area contributed by atoms with Gasteiger partial charge in [-0.2, -0.15) is 5.10 Å². The van der Waals surface area contributed by atoms with Crippen LogP contribution in [-0.4, -0.2) is 19.3 Å². The zero-order chi connectivity index (χ0) is 13.4. The Morgan fingerprint density at radius 2 is 2.21 bits per heavy atom. The van der Waals surface area contributed by atoms with Gasteiger partial charge in [-0.25, -0.2) is 4.98 Å². The average Bonchev–Trinajstić information content (AvgIpc) is 2.89. The lowest BCUT2D eigenvalue weighted by Gasteiger charge is -2.05. The van der Waals surface area contributed by atoms with E-state index in [1.54, 1.807) is 0 Å². The first-order chi connectivity index (χ1) is 9.13. The van der Waals surface area contributed by atoms with Gasteiger partial charge >= 0.3 is 0 Å². The minimum absolute atomic E-state index is 0.553. The van der Waals surface area contributed by atoms with Gasteiger partial charge in [-0.3, -0.25) is 4.68 Å². The Morgan fingerprint density at radius 3 is 2.95 bits per heavy atom. The van der Waals surface area contributed by atoms with Crippen LogP contribution in [0.1, 0.15) is 5.56 Å². The number of rotatable bonds is 3. The van der Waals surface area contributed by atoms with E-state index in [9.17, 15) is 0 Å². The molecule has 0 radical (unpaired) electrons. The third-order valence-electron chi connectivity index (χ3n) is 3.12. The molecule has 2 heterocycles. The van der Waals surface area contributed by atoms with Gasteiger partial charge in [-0.15, -0.1) is 0 Å². The van der Waals surface area contributed by atoms with Crippen molar-refractivity contribution in [1.29, 1.82) is 0 Å². The molecule has 1 aromatic carbocycles. The van der Waals surface area contributed by atoms with Crippen LogP contribution in [0.3, 0.4) is 0 Å². The largest absolute Gasteiger partial charge is 0.369 e. The smallest absolute Gasteiger partial charge is 0.201 e. The van der Waals surface area contributed by atoms with E-state index in [0.717, 1.165) is 28.5 Å². The molecule has 0 atom stereocenters. The van der Waals surface area contributed by atoms with Crippen LogP contribution in [0, 0.1) is 0 Å². The van der Waals surface area contributed by atoms with Crippen molar-refractivity contribution < 1.29 is 0 Å².